The van der Waals surface area contributed by atoms with Gasteiger partial charge in [0.05, 0.1) is 26.0 Å². The van der Waals surface area contributed by atoms with E-state index in [4.69, 9.17) is 9.15 Å². The summed E-state index contributed by atoms with van der Waals surface area (Å²) in [4.78, 5) is 2.50. The van der Waals surface area contributed by atoms with E-state index in [1.165, 1.54) is 0 Å². The van der Waals surface area contributed by atoms with Crippen molar-refractivity contribution in [2.45, 2.75) is 32.5 Å². The fourth-order valence-corrected chi connectivity index (χ4v) is 2.33. The molecule has 1 N–H and O–H groups in total. The Morgan fingerprint density at radius 1 is 1.59 bits per heavy atom. The average Bonchev–Trinajstić information content (AvgIpc) is 2.82. The van der Waals surface area contributed by atoms with Crippen molar-refractivity contribution >= 4 is 0 Å². The Morgan fingerprint density at radius 3 is 3.18 bits per heavy atom. The van der Waals surface area contributed by atoms with Crippen LogP contribution >= 0.6 is 0 Å². The first-order valence-corrected chi connectivity index (χ1v) is 6.34. The minimum Gasteiger partial charge on any atom is -0.468 e. The van der Waals surface area contributed by atoms with E-state index in [0.29, 0.717) is 12.1 Å². The molecule has 0 amide bonds. The Balaban J connectivity index is 1.71. The van der Waals surface area contributed by atoms with Crippen molar-refractivity contribution in [2.75, 3.05) is 26.3 Å². The SMILES string of the molecule is CC(CNCc1ccco1)N1CCOCC1C. The van der Waals surface area contributed by atoms with Crippen molar-refractivity contribution in [2.24, 2.45) is 0 Å². The molecule has 2 heterocycles. The van der Waals surface area contributed by atoms with E-state index in [1.807, 2.05) is 12.1 Å². The molecule has 2 rings (SSSR count). The van der Waals surface area contributed by atoms with Crippen LogP contribution in [0.15, 0.2) is 22.8 Å². The third kappa shape index (κ3) is 3.56. The third-order valence-corrected chi connectivity index (χ3v) is 3.30. The van der Waals surface area contributed by atoms with E-state index in [0.717, 1.165) is 38.6 Å². The average molecular weight is 238 g/mol. The van der Waals surface area contributed by atoms with Gasteiger partial charge in [0, 0.05) is 25.2 Å². The van der Waals surface area contributed by atoms with Gasteiger partial charge in [0.15, 0.2) is 0 Å². The third-order valence-electron chi connectivity index (χ3n) is 3.30. The summed E-state index contributed by atoms with van der Waals surface area (Å²) in [6.07, 6.45) is 1.71. The van der Waals surface area contributed by atoms with Gasteiger partial charge in [0.25, 0.3) is 0 Å². The Hall–Kier alpha value is -0.840. The fraction of sp³-hybridized carbons (Fsp3) is 0.692. The van der Waals surface area contributed by atoms with Crippen LogP contribution in [0.5, 0.6) is 0 Å². The number of rotatable bonds is 5. The van der Waals surface area contributed by atoms with Gasteiger partial charge in [0.2, 0.25) is 0 Å². The molecule has 96 valence electrons. The topological polar surface area (TPSA) is 37.6 Å². The number of ether oxygens (including phenoxy) is 1. The standard InChI is InChI=1S/C13H22N2O2/c1-11(15-5-7-16-10-12(15)2)8-14-9-13-4-3-6-17-13/h3-4,6,11-12,14H,5,7-10H2,1-2H3. The van der Waals surface area contributed by atoms with E-state index in [9.17, 15) is 0 Å². The summed E-state index contributed by atoms with van der Waals surface area (Å²) in [6, 6.07) is 4.97. The van der Waals surface area contributed by atoms with Crippen molar-refractivity contribution in [1.29, 1.82) is 0 Å². The van der Waals surface area contributed by atoms with Gasteiger partial charge >= 0.3 is 0 Å². The first kappa shape index (κ1) is 12.6. The maximum atomic E-state index is 5.45. The smallest absolute Gasteiger partial charge is 0.117 e. The zero-order chi connectivity index (χ0) is 12.1. The van der Waals surface area contributed by atoms with E-state index in [1.54, 1.807) is 6.26 Å². The molecule has 17 heavy (non-hydrogen) atoms. The Labute approximate surface area is 103 Å². The van der Waals surface area contributed by atoms with Gasteiger partial charge in [-0.05, 0) is 26.0 Å². The zero-order valence-electron chi connectivity index (χ0n) is 10.7. The van der Waals surface area contributed by atoms with Crippen molar-refractivity contribution in [1.82, 2.24) is 10.2 Å². The summed E-state index contributed by atoms with van der Waals surface area (Å²) in [5.41, 5.74) is 0. The minimum absolute atomic E-state index is 0.518. The van der Waals surface area contributed by atoms with Gasteiger partial charge < -0.3 is 14.5 Å². The Morgan fingerprint density at radius 2 is 2.47 bits per heavy atom. The molecule has 1 aromatic heterocycles. The molecule has 1 aliphatic rings. The largest absolute Gasteiger partial charge is 0.468 e. The second-order valence-electron chi connectivity index (χ2n) is 4.72. The highest BCUT2D eigenvalue weighted by molar-refractivity contribution is 4.97. The van der Waals surface area contributed by atoms with Crippen LogP contribution in [0.3, 0.4) is 0 Å². The lowest BCUT2D eigenvalue weighted by atomic mass is 10.2. The summed E-state index contributed by atoms with van der Waals surface area (Å²) in [7, 11) is 0. The number of morpholine rings is 1. The summed E-state index contributed by atoms with van der Waals surface area (Å²) in [5, 5.41) is 3.43. The highest BCUT2D eigenvalue weighted by Gasteiger charge is 2.23. The second-order valence-corrected chi connectivity index (χ2v) is 4.72. The summed E-state index contributed by atoms with van der Waals surface area (Å²) >= 11 is 0. The van der Waals surface area contributed by atoms with Crippen LogP contribution in [-0.4, -0.2) is 43.3 Å². The normalized spacial score (nSPS) is 23.8. The van der Waals surface area contributed by atoms with Crippen LogP contribution in [0.25, 0.3) is 0 Å². The molecule has 0 aromatic carbocycles. The number of nitrogens with one attached hydrogen (secondary N) is 1. The van der Waals surface area contributed by atoms with Crippen LogP contribution in [0.2, 0.25) is 0 Å². The molecule has 1 aliphatic heterocycles. The molecule has 0 aliphatic carbocycles. The monoisotopic (exact) mass is 238 g/mol. The van der Waals surface area contributed by atoms with E-state index in [-0.39, 0.29) is 0 Å². The molecule has 0 radical (unpaired) electrons. The molecule has 1 saturated heterocycles. The quantitative estimate of drug-likeness (QED) is 0.843. The summed E-state index contributed by atoms with van der Waals surface area (Å²) in [5.74, 6) is 0.993. The van der Waals surface area contributed by atoms with Gasteiger partial charge in [-0.15, -0.1) is 0 Å². The highest BCUT2D eigenvalue weighted by Crippen LogP contribution is 2.10. The molecule has 2 unspecified atom stereocenters. The fourth-order valence-electron chi connectivity index (χ4n) is 2.33. The van der Waals surface area contributed by atoms with Gasteiger partial charge in [-0.2, -0.15) is 0 Å². The minimum atomic E-state index is 0.518. The lowest BCUT2D eigenvalue weighted by Crippen LogP contribution is -2.51. The van der Waals surface area contributed by atoms with Crippen LogP contribution in [0, 0.1) is 0 Å². The summed E-state index contributed by atoms with van der Waals surface area (Å²) < 4.78 is 10.7. The lowest BCUT2D eigenvalue weighted by molar-refractivity contribution is -0.0182. The predicted molar refractivity (Wildman–Crippen MR) is 66.9 cm³/mol. The Kier molecular flexibility index (Phi) is 4.59. The first-order chi connectivity index (χ1) is 8.27. The number of nitrogens with zero attached hydrogens (tertiary/aromatic N) is 1. The predicted octanol–water partition coefficient (Wildman–Crippen LogP) is 1.48. The lowest BCUT2D eigenvalue weighted by Gasteiger charge is -2.37. The van der Waals surface area contributed by atoms with Crippen LogP contribution in [-0.2, 0) is 11.3 Å². The van der Waals surface area contributed by atoms with Crippen molar-refractivity contribution in [3.63, 3.8) is 0 Å². The maximum Gasteiger partial charge on any atom is 0.117 e. The Bertz CT molecular complexity index is 313. The van der Waals surface area contributed by atoms with Gasteiger partial charge in [-0.25, -0.2) is 0 Å². The van der Waals surface area contributed by atoms with Crippen molar-refractivity contribution in [3.05, 3.63) is 24.2 Å². The van der Waals surface area contributed by atoms with Gasteiger partial charge in [0.1, 0.15) is 5.76 Å². The molecule has 4 nitrogen and oxygen atoms in total. The first-order valence-electron chi connectivity index (χ1n) is 6.34. The number of hydrogen-bond acceptors (Lipinski definition) is 4. The molecular formula is C13H22N2O2. The van der Waals surface area contributed by atoms with Gasteiger partial charge in [-0.1, -0.05) is 0 Å². The van der Waals surface area contributed by atoms with Crippen molar-refractivity contribution < 1.29 is 9.15 Å². The number of hydrogen-bond donors (Lipinski definition) is 1. The van der Waals surface area contributed by atoms with E-state index in [2.05, 4.69) is 24.1 Å². The molecular weight excluding hydrogens is 216 g/mol. The highest BCUT2D eigenvalue weighted by atomic mass is 16.5. The molecule has 4 heteroatoms. The summed E-state index contributed by atoms with van der Waals surface area (Å²) in [6.45, 7) is 9.00. The molecule has 0 bridgehead atoms. The molecule has 0 spiro atoms. The molecule has 2 atom stereocenters. The number of furan rings is 1. The maximum absolute atomic E-state index is 5.45. The van der Waals surface area contributed by atoms with E-state index < -0.39 is 0 Å². The van der Waals surface area contributed by atoms with E-state index >= 15 is 0 Å². The van der Waals surface area contributed by atoms with Crippen LogP contribution in [0.1, 0.15) is 19.6 Å². The molecule has 1 fully saturated rings. The van der Waals surface area contributed by atoms with Crippen LogP contribution < -0.4 is 5.32 Å². The molecule has 0 saturated carbocycles. The second kappa shape index (κ2) is 6.19. The van der Waals surface area contributed by atoms with Crippen molar-refractivity contribution in [3.8, 4) is 0 Å². The van der Waals surface area contributed by atoms with Crippen LogP contribution in [0.4, 0.5) is 0 Å². The zero-order valence-corrected chi connectivity index (χ0v) is 10.7. The van der Waals surface area contributed by atoms with Gasteiger partial charge in [-0.3, -0.25) is 4.90 Å². The molecule has 1 aromatic rings.